The number of anilines is 1. The fourth-order valence-electron chi connectivity index (χ4n) is 2.52. The lowest BCUT2D eigenvalue weighted by atomic mass is 10.1. The summed E-state index contributed by atoms with van der Waals surface area (Å²) in [5, 5.41) is 3.40. The second kappa shape index (κ2) is 5.47. The summed E-state index contributed by atoms with van der Waals surface area (Å²) in [7, 11) is 1.94. The third-order valence-electron chi connectivity index (χ3n) is 4.02. The summed E-state index contributed by atoms with van der Waals surface area (Å²) in [4.78, 5) is 2.00. The molecule has 0 spiro atoms. The molecule has 1 unspecified atom stereocenters. The van der Waals surface area contributed by atoms with Gasteiger partial charge in [0.25, 0.3) is 0 Å². The van der Waals surface area contributed by atoms with Gasteiger partial charge >= 0.3 is 0 Å². The Morgan fingerprint density at radius 3 is 2.84 bits per heavy atom. The van der Waals surface area contributed by atoms with Crippen LogP contribution in [0.4, 0.5) is 10.1 Å². The third-order valence-corrected chi connectivity index (χ3v) is 4.02. The second-order valence-electron chi connectivity index (χ2n) is 5.57. The van der Waals surface area contributed by atoms with Gasteiger partial charge in [-0.2, -0.15) is 0 Å². The maximum atomic E-state index is 14.2. The van der Waals surface area contributed by atoms with Crippen LogP contribution in [0, 0.1) is 5.82 Å². The number of rotatable bonds is 5. The summed E-state index contributed by atoms with van der Waals surface area (Å²) in [5.74, 6) is -0.135. The van der Waals surface area contributed by atoms with Gasteiger partial charge in [-0.25, -0.2) is 4.39 Å². The van der Waals surface area contributed by atoms with Crippen molar-refractivity contribution in [3.63, 3.8) is 0 Å². The molecular formula is C15H21FN2O. The molecule has 2 aliphatic rings. The molecule has 19 heavy (non-hydrogen) atoms. The van der Waals surface area contributed by atoms with Crippen LogP contribution in [-0.4, -0.2) is 32.3 Å². The molecule has 1 aliphatic heterocycles. The van der Waals surface area contributed by atoms with Gasteiger partial charge in [-0.05, 0) is 37.0 Å². The second-order valence-corrected chi connectivity index (χ2v) is 5.57. The summed E-state index contributed by atoms with van der Waals surface area (Å²) < 4.78 is 19.5. The van der Waals surface area contributed by atoms with Crippen LogP contribution in [0.25, 0.3) is 0 Å². The van der Waals surface area contributed by atoms with Crippen molar-refractivity contribution in [3.05, 3.63) is 29.6 Å². The standard InChI is InChI=1S/C15H21FN2O/c1-18(13-6-7-19-10-13)15-5-2-11(8-14(15)16)9-17-12-3-4-12/h2,5,8,12-13,17H,3-4,6-7,9-10H2,1H3. The van der Waals surface area contributed by atoms with Gasteiger partial charge in [0, 0.05) is 26.2 Å². The van der Waals surface area contributed by atoms with Crippen molar-refractivity contribution in [3.8, 4) is 0 Å². The van der Waals surface area contributed by atoms with E-state index in [0.29, 0.717) is 24.4 Å². The molecule has 0 radical (unpaired) electrons. The molecule has 2 fully saturated rings. The zero-order valence-electron chi connectivity index (χ0n) is 11.4. The van der Waals surface area contributed by atoms with Gasteiger partial charge in [-0.1, -0.05) is 6.07 Å². The molecule has 1 atom stereocenters. The first-order valence-corrected chi connectivity index (χ1v) is 7.06. The summed E-state index contributed by atoms with van der Waals surface area (Å²) >= 11 is 0. The normalized spacial score (nSPS) is 22.7. The van der Waals surface area contributed by atoms with Crippen molar-refractivity contribution in [2.45, 2.75) is 37.9 Å². The highest BCUT2D eigenvalue weighted by molar-refractivity contribution is 5.49. The first-order valence-electron chi connectivity index (χ1n) is 7.06. The van der Waals surface area contributed by atoms with Crippen LogP contribution < -0.4 is 10.2 Å². The predicted molar refractivity (Wildman–Crippen MR) is 73.9 cm³/mol. The zero-order valence-corrected chi connectivity index (χ0v) is 11.4. The molecule has 0 bridgehead atoms. The summed E-state index contributed by atoms with van der Waals surface area (Å²) in [6.07, 6.45) is 3.48. The molecule has 1 heterocycles. The Morgan fingerprint density at radius 2 is 2.21 bits per heavy atom. The minimum atomic E-state index is -0.135. The molecule has 3 rings (SSSR count). The third kappa shape index (κ3) is 3.07. The molecule has 3 nitrogen and oxygen atoms in total. The quantitative estimate of drug-likeness (QED) is 0.883. The molecule has 1 aliphatic carbocycles. The Kier molecular flexibility index (Phi) is 3.71. The van der Waals surface area contributed by atoms with Crippen molar-refractivity contribution >= 4 is 5.69 Å². The van der Waals surface area contributed by atoms with Gasteiger partial charge in [0.2, 0.25) is 0 Å². The number of ether oxygens (including phenoxy) is 1. The van der Waals surface area contributed by atoms with Gasteiger partial charge in [-0.15, -0.1) is 0 Å². The van der Waals surface area contributed by atoms with Gasteiger partial charge < -0.3 is 15.0 Å². The highest BCUT2D eigenvalue weighted by Gasteiger charge is 2.23. The molecule has 1 aromatic rings. The summed E-state index contributed by atoms with van der Waals surface area (Å²) in [5.41, 5.74) is 1.69. The molecule has 1 saturated carbocycles. The van der Waals surface area contributed by atoms with Gasteiger partial charge in [0.15, 0.2) is 0 Å². The molecule has 0 amide bonds. The smallest absolute Gasteiger partial charge is 0.146 e. The number of likely N-dealkylation sites (N-methyl/N-ethyl adjacent to an activating group) is 1. The van der Waals surface area contributed by atoms with E-state index in [1.165, 1.54) is 12.8 Å². The number of nitrogens with zero attached hydrogens (tertiary/aromatic N) is 1. The van der Waals surface area contributed by atoms with E-state index in [1.54, 1.807) is 6.07 Å². The van der Waals surface area contributed by atoms with Crippen molar-refractivity contribution < 1.29 is 9.13 Å². The molecular weight excluding hydrogens is 243 g/mol. The van der Waals surface area contributed by atoms with E-state index in [0.717, 1.165) is 25.1 Å². The molecule has 4 heteroatoms. The minimum absolute atomic E-state index is 0.135. The largest absolute Gasteiger partial charge is 0.379 e. The van der Waals surface area contributed by atoms with Crippen molar-refractivity contribution in [2.75, 3.05) is 25.2 Å². The predicted octanol–water partition coefficient (Wildman–Crippen LogP) is 2.30. The summed E-state index contributed by atoms with van der Waals surface area (Å²) in [6.45, 7) is 2.24. The number of halogens is 1. The Hall–Kier alpha value is -1.13. The van der Waals surface area contributed by atoms with Crippen LogP contribution in [0.15, 0.2) is 18.2 Å². The SMILES string of the molecule is CN(c1ccc(CNC2CC2)cc1F)C1CCOC1. The number of nitrogens with one attached hydrogen (secondary N) is 1. The first-order chi connectivity index (χ1) is 9.24. The maximum Gasteiger partial charge on any atom is 0.146 e. The molecule has 1 saturated heterocycles. The maximum absolute atomic E-state index is 14.2. The van der Waals surface area contributed by atoms with E-state index < -0.39 is 0 Å². The summed E-state index contributed by atoms with van der Waals surface area (Å²) in [6, 6.07) is 6.50. The number of hydrogen-bond donors (Lipinski definition) is 1. The highest BCUT2D eigenvalue weighted by atomic mass is 19.1. The monoisotopic (exact) mass is 264 g/mol. The van der Waals surface area contributed by atoms with Crippen LogP contribution in [0.1, 0.15) is 24.8 Å². The molecule has 0 aromatic heterocycles. The fourth-order valence-corrected chi connectivity index (χ4v) is 2.52. The minimum Gasteiger partial charge on any atom is -0.379 e. The topological polar surface area (TPSA) is 24.5 Å². The van der Waals surface area contributed by atoms with Gasteiger partial charge in [0.1, 0.15) is 5.82 Å². The molecule has 1 N–H and O–H groups in total. The van der Waals surface area contributed by atoms with Crippen molar-refractivity contribution in [1.29, 1.82) is 0 Å². The van der Waals surface area contributed by atoms with Crippen LogP contribution >= 0.6 is 0 Å². The van der Waals surface area contributed by atoms with E-state index in [4.69, 9.17) is 4.74 Å². The van der Waals surface area contributed by atoms with E-state index in [-0.39, 0.29) is 5.82 Å². The zero-order chi connectivity index (χ0) is 13.2. The van der Waals surface area contributed by atoms with Crippen LogP contribution in [0.5, 0.6) is 0 Å². The van der Waals surface area contributed by atoms with E-state index in [2.05, 4.69) is 5.32 Å². The molecule has 104 valence electrons. The number of benzene rings is 1. The Bertz CT molecular complexity index is 442. The van der Waals surface area contributed by atoms with Crippen molar-refractivity contribution in [2.24, 2.45) is 0 Å². The lowest BCUT2D eigenvalue weighted by molar-refractivity contribution is 0.193. The Balaban J connectivity index is 1.67. The fraction of sp³-hybridized carbons (Fsp3) is 0.600. The van der Waals surface area contributed by atoms with Gasteiger partial charge in [-0.3, -0.25) is 0 Å². The van der Waals surface area contributed by atoms with E-state index >= 15 is 0 Å². The van der Waals surface area contributed by atoms with Crippen LogP contribution in [-0.2, 0) is 11.3 Å². The Morgan fingerprint density at radius 1 is 1.37 bits per heavy atom. The Labute approximate surface area is 113 Å². The van der Waals surface area contributed by atoms with Gasteiger partial charge in [0.05, 0.1) is 18.3 Å². The van der Waals surface area contributed by atoms with Crippen LogP contribution in [0.3, 0.4) is 0 Å². The first kappa shape index (κ1) is 12.9. The lowest BCUT2D eigenvalue weighted by Crippen LogP contribution is -2.32. The number of hydrogen-bond acceptors (Lipinski definition) is 3. The average Bonchev–Trinajstić information content (AvgIpc) is 3.07. The average molecular weight is 264 g/mol. The molecule has 1 aromatic carbocycles. The van der Waals surface area contributed by atoms with Crippen LogP contribution in [0.2, 0.25) is 0 Å². The highest BCUT2D eigenvalue weighted by Crippen LogP contribution is 2.25. The van der Waals surface area contributed by atoms with E-state index in [1.807, 2.05) is 24.1 Å². The van der Waals surface area contributed by atoms with Crippen molar-refractivity contribution in [1.82, 2.24) is 5.32 Å². The lowest BCUT2D eigenvalue weighted by Gasteiger charge is -2.26. The van der Waals surface area contributed by atoms with E-state index in [9.17, 15) is 4.39 Å².